The third kappa shape index (κ3) is 2.29. The minimum absolute atomic E-state index is 0.494. The molecule has 2 heterocycles. The number of aryl methyl sites for hydroxylation is 1. The normalized spacial score (nSPS) is 11.3. The number of halogens is 2. The predicted octanol–water partition coefficient (Wildman–Crippen LogP) is 4.35. The van der Waals surface area contributed by atoms with Crippen LogP contribution in [0, 0.1) is 11.7 Å². The molecule has 1 N–H and O–H groups in total. The molecule has 3 aromatic rings. The van der Waals surface area contributed by atoms with Gasteiger partial charge in [-0.1, -0.05) is 28.4 Å². The van der Waals surface area contributed by atoms with Gasteiger partial charge >= 0.3 is 0 Å². The van der Waals surface area contributed by atoms with Gasteiger partial charge in [-0.25, -0.2) is 0 Å². The second-order valence-electron chi connectivity index (χ2n) is 4.23. The lowest BCUT2D eigenvalue weighted by Crippen LogP contribution is -1.99. The average Bonchev–Trinajstić information content (AvgIpc) is 2.87. The molecule has 3 rings (SSSR count). The molecule has 0 saturated carbocycles. The van der Waals surface area contributed by atoms with E-state index in [0.717, 1.165) is 22.5 Å². The number of aromatic nitrogens is 3. The number of benzene rings is 1. The predicted molar refractivity (Wildman–Crippen MR) is 77.5 cm³/mol. The molecule has 2 aromatic heterocycles. The van der Waals surface area contributed by atoms with Gasteiger partial charge in [0, 0.05) is 6.07 Å². The molecule has 0 spiro atoms. The Balaban J connectivity index is 2.15. The van der Waals surface area contributed by atoms with Crippen LogP contribution in [-0.2, 0) is 6.54 Å². The molecule has 0 saturated heterocycles. The van der Waals surface area contributed by atoms with Gasteiger partial charge in [-0.3, -0.25) is 0 Å². The highest BCUT2D eigenvalue weighted by molar-refractivity contribution is 7.71. The van der Waals surface area contributed by atoms with E-state index in [0.29, 0.717) is 21.4 Å². The van der Waals surface area contributed by atoms with Crippen molar-refractivity contribution in [1.82, 2.24) is 14.7 Å². The van der Waals surface area contributed by atoms with Crippen LogP contribution in [0.3, 0.4) is 0 Å². The van der Waals surface area contributed by atoms with Crippen molar-refractivity contribution in [3.05, 3.63) is 44.5 Å². The van der Waals surface area contributed by atoms with E-state index in [-0.39, 0.29) is 0 Å². The maximum Gasteiger partial charge on any atom is 0.178 e. The molecule has 0 bridgehead atoms. The molecule has 98 valence electrons. The molecular formula is C12H9Cl2N3OS. The fourth-order valence-corrected chi connectivity index (χ4v) is 2.56. The van der Waals surface area contributed by atoms with Crippen LogP contribution in [0.1, 0.15) is 11.5 Å². The smallest absolute Gasteiger partial charge is 0.178 e. The minimum Gasteiger partial charge on any atom is -0.361 e. The Hall–Kier alpha value is -1.30. The molecule has 0 unspecified atom stereocenters. The summed E-state index contributed by atoms with van der Waals surface area (Å²) >= 11 is 17.3. The fourth-order valence-electron chi connectivity index (χ4n) is 1.96. The number of hydrogen-bond donors (Lipinski definition) is 1. The second kappa shape index (κ2) is 4.67. The maximum absolute atomic E-state index is 6.05. The largest absolute Gasteiger partial charge is 0.361 e. The number of nitrogens with one attached hydrogen (secondary N) is 1. The Morgan fingerprint density at radius 2 is 2.05 bits per heavy atom. The highest BCUT2D eigenvalue weighted by Crippen LogP contribution is 2.28. The third-order valence-corrected chi connectivity index (χ3v) is 3.86. The van der Waals surface area contributed by atoms with Crippen LogP contribution in [0.2, 0.25) is 10.0 Å². The van der Waals surface area contributed by atoms with Crippen LogP contribution in [0.15, 0.2) is 22.7 Å². The van der Waals surface area contributed by atoms with E-state index in [9.17, 15) is 0 Å². The summed E-state index contributed by atoms with van der Waals surface area (Å²) in [7, 11) is 0. The molecule has 0 aliphatic heterocycles. The van der Waals surface area contributed by atoms with Gasteiger partial charge in [0.25, 0.3) is 0 Å². The number of aromatic amines is 1. The Labute approximate surface area is 123 Å². The Morgan fingerprint density at radius 3 is 2.74 bits per heavy atom. The molecule has 0 fully saturated rings. The SMILES string of the molecule is Cc1cc(Cn2c(=S)[nH]c3cc(Cl)c(Cl)cc32)no1. The summed E-state index contributed by atoms with van der Waals surface area (Å²) in [6.07, 6.45) is 0. The van der Waals surface area contributed by atoms with E-state index in [1.165, 1.54) is 0 Å². The minimum atomic E-state index is 0.494. The average molecular weight is 314 g/mol. The van der Waals surface area contributed by atoms with Crippen LogP contribution in [-0.4, -0.2) is 14.7 Å². The van der Waals surface area contributed by atoms with Gasteiger partial charge in [-0.15, -0.1) is 0 Å². The van der Waals surface area contributed by atoms with Gasteiger partial charge in [-0.05, 0) is 31.3 Å². The van der Waals surface area contributed by atoms with Crippen LogP contribution in [0.25, 0.3) is 11.0 Å². The zero-order valence-corrected chi connectivity index (χ0v) is 12.2. The van der Waals surface area contributed by atoms with Crippen LogP contribution >= 0.6 is 35.4 Å². The van der Waals surface area contributed by atoms with Crippen molar-refractivity contribution in [2.45, 2.75) is 13.5 Å². The van der Waals surface area contributed by atoms with Gasteiger partial charge in [-0.2, -0.15) is 0 Å². The van der Waals surface area contributed by atoms with Crippen molar-refractivity contribution < 1.29 is 4.52 Å². The van der Waals surface area contributed by atoms with Crippen molar-refractivity contribution >= 4 is 46.5 Å². The number of imidazole rings is 1. The first-order chi connectivity index (χ1) is 9.04. The molecule has 0 aliphatic carbocycles. The molecular weight excluding hydrogens is 305 g/mol. The van der Waals surface area contributed by atoms with Crippen molar-refractivity contribution in [2.24, 2.45) is 0 Å². The van der Waals surface area contributed by atoms with E-state index in [2.05, 4.69) is 10.1 Å². The Morgan fingerprint density at radius 1 is 1.32 bits per heavy atom. The van der Waals surface area contributed by atoms with Crippen LogP contribution in [0.4, 0.5) is 0 Å². The number of hydrogen-bond acceptors (Lipinski definition) is 3. The van der Waals surface area contributed by atoms with Crippen LogP contribution in [0.5, 0.6) is 0 Å². The molecule has 0 atom stereocenters. The standard InChI is InChI=1S/C12H9Cl2N3OS/c1-6-2-7(16-18-6)5-17-11-4-9(14)8(13)3-10(11)15-12(17)19/h2-4H,5H2,1H3,(H,15,19). The third-order valence-electron chi connectivity index (χ3n) is 2.81. The van der Waals surface area contributed by atoms with Crippen molar-refractivity contribution in [3.63, 3.8) is 0 Å². The van der Waals surface area contributed by atoms with Gasteiger partial charge < -0.3 is 14.1 Å². The van der Waals surface area contributed by atoms with Crippen molar-refractivity contribution in [2.75, 3.05) is 0 Å². The molecule has 0 aliphatic rings. The molecule has 0 radical (unpaired) electrons. The molecule has 1 aromatic carbocycles. The lowest BCUT2D eigenvalue weighted by Gasteiger charge is -2.02. The summed E-state index contributed by atoms with van der Waals surface area (Å²) in [6.45, 7) is 2.37. The van der Waals surface area contributed by atoms with Gasteiger partial charge in [0.15, 0.2) is 4.77 Å². The zero-order chi connectivity index (χ0) is 13.6. The molecule has 4 nitrogen and oxygen atoms in total. The summed E-state index contributed by atoms with van der Waals surface area (Å²) in [6, 6.07) is 5.43. The number of H-pyrrole nitrogens is 1. The van der Waals surface area contributed by atoms with E-state index in [1.807, 2.05) is 17.6 Å². The molecule has 0 amide bonds. The quantitative estimate of drug-likeness (QED) is 0.715. The van der Waals surface area contributed by atoms with E-state index < -0.39 is 0 Å². The van der Waals surface area contributed by atoms with E-state index in [4.69, 9.17) is 39.9 Å². The number of fused-ring (bicyclic) bond motifs is 1. The first-order valence-corrected chi connectivity index (χ1v) is 6.71. The summed E-state index contributed by atoms with van der Waals surface area (Å²) in [4.78, 5) is 3.10. The second-order valence-corrected chi connectivity index (χ2v) is 5.43. The van der Waals surface area contributed by atoms with Crippen molar-refractivity contribution in [1.29, 1.82) is 0 Å². The van der Waals surface area contributed by atoms with Gasteiger partial charge in [0.1, 0.15) is 11.5 Å². The van der Waals surface area contributed by atoms with E-state index in [1.54, 1.807) is 12.1 Å². The highest BCUT2D eigenvalue weighted by Gasteiger charge is 2.10. The fraction of sp³-hybridized carbons (Fsp3) is 0.167. The summed E-state index contributed by atoms with van der Waals surface area (Å²) in [5.41, 5.74) is 2.54. The zero-order valence-electron chi connectivity index (χ0n) is 9.91. The van der Waals surface area contributed by atoms with Gasteiger partial charge in [0.2, 0.25) is 0 Å². The molecule has 7 heteroatoms. The maximum atomic E-state index is 6.05. The Kier molecular flexibility index (Phi) is 3.12. The monoisotopic (exact) mass is 313 g/mol. The van der Waals surface area contributed by atoms with Crippen LogP contribution < -0.4 is 0 Å². The molecule has 19 heavy (non-hydrogen) atoms. The number of rotatable bonds is 2. The lowest BCUT2D eigenvalue weighted by atomic mass is 10.3. The highest BCUT2D eigenvalue weighted by atomic mass is 35.5. The Bertz CT molecular complexity index is 818. The summed E-state index contributed by atoms with van der Waals surface area (Å²) in [5.74, 6) is 0.766. The van der Waals surface area contributed by atoms with E-state index >= 15 is 0 Å². The topological polar surface area (TPSA) is 46.8 Å². The van der Waals surface area contributed by atoms with Crippen molar-refractivity contribution in [3.8, 4) is 0 Å². The first kappa shape index (κ1) is 12.7. The van der Waals surface area contributed by atoms with Gasteiger partial charge in [0.05, 0.1) is 27.6 Å². The summed E-state index contributed by atoms with van der Waals surface area (Å²) < 4.78 is 7.55. The lowest BCUT2D eigenvalue weighted by molar-refractivity contribution is 0.389. The first-order valence-electron chi connectivity index (χ1n) is 5.54. The number of nitrogens with zero attached hydrogens (tertiary/aromatic N) is 2. The summed E-state index contributed by atoms with van der Waals surface area (Å²) in [5, 5.41) is 4.95.